The van der Waals surface area contributed by atoms with E-state index in [1.165, 1.54) is 22.8 Å². The van der Waals surface area contributed by atoms with Crippen LogP contribution in [0.15, 0.2) is 22.5 Å². The fourth-order valence-electron chi connectivity index (χ4n) is 3.28. The Labute approximate surface area is 176 Å². The molecule has 2 N–H and O–H groups in total. The van der Waals surface area contributed by atoms with E-state index < -0.39 is 0 Å². The second-order valence-electron chi connectivity index (χ2n) is 6.25. The number of ether oxygens (including phenoxy) is 1. The lowest BCUT2D eigenvalue weighted by Crippen LogP contribution is -2.60. The van der Waals surface area contributed by atoms with Crippen LogP contribution in [0.25, 0.3) is 0 Å². The van der Waals surface area contributed by atoms with Crippen LogP contribution >= 0.6 is 47.1 Å². The number of hydrogen-bond acceptors (Lipinski definition) is 5. The Balaban J connectivity index is 0.00000225. The first-order valence-corrected chi connectivity index (χ1v) is 10.8. The Hall–Kier alpha value is -0.0300. The number of hydrogen-bond donors (Lipinski definition) is 2. The molecule has 5 nitrogen and oxygen atoms in total. The molecule has 25 heavy (non-hydrogen) atoms. The van der Waals surface area contributed by atoms with Crippen molar-refractivity contribution in [3.05, 3.63) is 22.4 Å². The zero-order valence-electron chi connectivity index (χ0n) is 14.8. The minimum absolute atomic E-state index is 0. The molecule has 2 aliphatic heterocycles. The quantitative estimate of drug-likeness (QED) is 0.361. The zero-order chi connectivity index (χ0) is 16.7. The summed E-state index contributed by atoms with van der Waals surface area (Å²) in [7, 11) is 0. The van der Waals surface area contributed by atoms with Gasteiger partial charge in [-0.2, -0.15) is 11.8 Å². The van der Waals surface area contributed by atoms with Crippen molar-refractivity contribution < 1.29 is 4.74 Å². The Morgan fingerprint density at radius 2 is 2.20 bits per heavy atom. The van der Waals surface area contributed by atoms with Crippen molar-refractivity contribution in [2.75, 3.05) is 50.9 Å². The van der Waals surface area contributed by atoms with Crippen LogP contribution in [-0.4, -0.2) is 67.3 Å². The van der Waals surface area contributed by atoms with Gasteiger partial charge in [0.25, 0.3) is 0 Å². The van der Waals surface area contributed by atoms with E-state index in [4.69, 9.17) is 9.73 Å². The van der Waals surface area contributed by atoms with Crippen molar-refractivity contribution in [3.63, 3.8) is 0 Å². The lowest BCUT2D eigenvalue weighted by atomic mass is 9.95. The molecular formula is C17H29IN4OS2. The van der Waals surface area contributed by atoms with Gasteiger partial charge in [0.1, 0.15) is 0 Å². The van der Waals surface area contributed by atoms with Crippen LogP contribution in [0.1, 0.15) is 18.2 Å². The molecule has 0 bridgehead atoms. The molecule has 1 aromatic heterocycles. The van der Waals surface area contributed by atoms with E-state index in [0.29, 0.717) is 0 Å². The molecule has 1 atom stereocenters. The van der Waals surface area contributed by atoms with Gasteiger partial charge < -0.3 is 15.4 Å². The van der Waals surface area contributed by atoms with Crippen molar-refractivity contribution in [1.29, 1.82) is 0 Å². The van der Waals surface area contributed by atoms with Gasteiger partial charge >= 0.3 is 0 Å². The summed E-state index contributed by atoms with van der Waals surface area (Å²) in [6.07, 6.45) is 1.25. The summed E-state index contributed by atoms with van der Waals surface area (Å²) >= 11 is 3.83. The van der Waals surface area contributed by atoms with E-state index in [0.717, 1.165) is 51.9 Å². The van der Waals surface area contributed by atoms with Crippen molar-refractivity contribution in [2.24, 2.45) is 4.99 Å². The average Bonchev–Trinajstić information content (AvgIpc) is 3.31. The summed E-state index contributed by atoms with van der Waals surface area (Å²) in [5.41, 5.74) is 0.244. The van der Waals surface area contributed by atoms with Crippen LogP contribution in [0, 0.1) is 0 Å². The van der Waals surface area contributed by atoms with Crippen LogP contribution in [-0.2, 0) is 11.3 Å². The van der Waals surface area contributed by atoms with Crippen LogP contribution < -0.4 is 10.6 Å². The predicted octanol–water partition coefficient (Wildman–Crippen LogP) is 2.63. The third kappa shape index (κ3) is 5.98. The van der Waals surface area contributed by atoms with E-state index in [1.54, 1.807) is 11.3 Å². The highest BCUT2D eigenvalue weighted by molar-refractivity contribution is 14.0. The fourth-order valence-corrected chi connectivity index (χ4v) is 5.39. The van der Waals surface area contributed by atoms with Gasteiger partial charge in [-0.25, -0.2) is 4.99 Å². The SMILES string of the molecule is CCNC(=NCc1cccs1)NCC1(N2CCOCC2)CCSC1.I. The molecule has 0 spiro atoms. The predicted molar refractivity (Wildman–Crippen MR) is 120 cm³/mol. The molecule has 1 aromatic rings. The van der Waals surface area contributed by atoms with Crippen molar-refractivity contribution >= 4 is 53.0 Å². The number of rotatable bonds is 6. The van der Waals surface area contributed by atoms with E-state index in [2.05, 4.69) is 51.7 Å². The lowest BCUT2D eigenvalue weighted by Gasteiger charge is -2.43. The topological polar surface area (TPSA) is 48.9 Å². The Morgan fingerprint density at radius 3 is 2.84 bits per heavy atom. The maximum atomic E-state index is 5.54. The number of nitrogens with zero attached hydrogens (tertiary/aromatic N) is 2. The minimum atomic E-state index is 0. The summed E-state index contributed by atoms with van der Waals surface area (Å²) < 4.78 is 5.54. The number of nitrogens with one attached hydrogen (secondary N) is 2. The van der Waals surface area contributed by atoms with Crippen LogP contribution in [0.2, 0.25) is 0 Å². The molecule has 2 fully saturated rings. The van der Waals surface area contributed by atoms with Gasteiger partial charge in [0.05, 0.1) is 19.8 Å². The van der Waals surface area contributed by atoms with Crippen molar-refractivity contribution in [1.82, 2.24) is 15.5 Å². The van der Waals surface area contributed by atoms with Crippen molar-refractivity contribution in [2.45, 2.75) is 25.4 Å². The molecular weight excluding hydrogens is 467 g/mol. The number of morpholine rings is 1. The Morgan fingerprint density at radius 1 is 1.36 bits per heavy atom. The summed E-state index contributed by atoms with van der Waals surface area (Å²) in [6.45, 7) is 8.51. The van der Waals surface area contributed by atoms with Crippen LogP contribution in [0.4, 0.5) is 0 Å². The second-order valence-corrected chi connectivity index (χ2v) is 8.39. The Bertz CT molecular complexity index is 515. The largest absolute Gasteiger partial charge is 0.379 e. The van der Waals surface area contributed by atoms with Gasteiger partial charge in [0.2, 0.25) is 0 Å². The molecule has 8 heteroatoms. The number of halogens is 1. The third-order valence-electron chi connectivity index (χ3n) is 4.67. The number of thiophene rings is 1. The van der Waals surface area contributed by atoms with Gasteiger partial charge in [-0.05, 0) is 30.5 Å². The van der Waals surface area contributed by atoms with Crippen molar-refractivity contribution in [3.8, 4) is 0 Å². The maximum absolute atomic E-state index is 5.54. The molecule has 3 heterocycles. The lowest BCUT2D eigenvalue weighted by molar-refractivity contribution is -0.0120. The summed E-state index contributed by atoms with van der Waals surface area (Å²) in [4.78, 5) is 8.68. The van der Waals surface area contributed by atoms with E-state index in [9.17, 15) is 0 Å². The molecule has 0 saturated carbocycles. The van der Waals surface area contributed by atoms with Gasteiger partial charge in [0.15, 0.2) is 5.96 Å². The number of aliphatic imine (C=N–C) groups is 1. The molecule has 2 aliphatic rings. The first kappa shape index (κ1) is 21.3. The van der Waals surface area contributed by atoms with E-state index in [1.807, 2.05) is 0 Å². The zero-order valence-corrected chi connectivity index (χ0v) is 18.8. The molecule has 0 amide bonds. The monoisotopic (exact) mass is 496 g/mol. The maximum Gasteiger partial charge on any atom is 0.191 e. The summed E-state index contributed by atoms with van der Waals surface area (Å²) in [5.74, 6) is 3.38. The summed E-state index contributed by atoms with van der Waals surface area (Å²) in [5, 5.41) is 9.10. The van der Waals surface area contributed by atoms with Gasteiger partial charge in [-0.15, -0.1) is 35.3 Å². The summed E-state index contributed by atoms with van der Waals surface area (Å²) in [6, 6.07) is 4.22. The molecule has 0 aromatic carbocycles. The molecule has 0 aliphatic carbocycles. The van der Waals surface area contributed by atoms with Gasteiger partial charge in [-0.1, -0.05) is 6.07 Å². The average molecular weight is 496 g/mol. The highest BCUT2D eigenvalue weighted by Gasteiger charge is 2.40. The smallest absolute Gasteiger partial charge is 0.191 e. The molecule has 2 saturated heterocycles. The molecule has 3 rings (SSSR count). The Kier molecular flexibility index (Phi) is 9.33. The minimum Gasteiger partial charge on any atom is -0.379 e. The first-order valence-electron chi connectivity index (χ1n) is 8.77. The molecule has 1 unspecified atom stereocenters. The number of guanidine groups is 1. The van der Waals surface area contributed by atoms with E-state index in [-0.39, 0.29) is 29.5 Å². The van der Waals surface area contributed by atoms with E-state index >= 15 is 0 Å². The normalized spacial score (nSPS) is 24.8. The van der Waals surface area contributed by atoms with Crippen LogP contribution in [0.3, 0.4) is 0 Å². The standard InChI is InChI=1S/C17H28N4OS2.HI/c1-2-18-16(19-12-15-4-3-10-24-15)20-13-17(5-11-23-14-17)21-6-8-22-9-7-21;/h3-4,10H,2,5-9,11-14H2,1H3,(H2,18,19,20);1H. The molecule has 142 valence electrons. The van der Waals surface area contributed by atoms with Crippen LogP contribution in [0.5, 0.6) is 0 Å². The number of thioether (sulfide) groups is 1. The van der Waals surface area contributed by atoms with Gasteiger partial charge in [-0.3, -0.25) is 4.90 Å². The van der Waals surface area contributed by atoms with Gasteiger partial charge in [0, 0.05) is 42.3 Å². The highest BCUT2D eigenvalue weighted by atomic mass is 127. The fraction of sp³-hybridized carbons (Fsp3) is 0.706. The third-order valence-corrected chi connectivity index (χ3v) is 6.76. The highest BCUT2D eigenvalue weighted by Crippen LogP contribution is 2.33. The molecule has 0 radical (unpaired) electrons. The second kappa shape index (κ2) is 11.0. The first-order chi connectivity index (χ1) is 11.8.